The van der Waals surface area contributed by atoms with Crippen LogP contribution in [0.25, 0.3) is 0 Å². The third-order valence-electron chi connectivity index (χ3n) is 5.91. The molecule has 38 heavy (non-hydrogen) atoms. The summed E-state index contributed by atoms with van der Waals surface area (Å²) in [4.78, 5) is 43.6. The number of likely N-dealkylation sites (tertiary alicyclic amines) is 1. The highest BCUT2D eigenvalue weighted by molar-refractivity contribution is 6.39. The van der Waals surface area contributed by atoms with Gasteiger partial charge in [0.2, 0.25) is 0 Å². The lowest BCUT2D eigenvalue weighted by atomic mass is 9.89. The van der Waals surface area contributed by atoms with E-state index in [0.717, 1.165) is 12.5 Å². The maximum atomic E-state index is 13.2. The van der Waals surface area contributed by atoms with Crippen LogP contribution in [0.2, 0.25) is 5.02 Å². The Hall–Kier alpha value is -3.34. The molecule has 2 atom stereocenters. The molecule has 1 aromatic heterocycles. The van der Waals surface area contributed by atoms with Crippen LogP contribution in [0.3, 0.4) is 0 Å². The average Bonchev–Trinajstić information content (AvgIpc) is 2.78. The Balaban J connectivity index is 1.75. The van der Waals surface area contributed by atoms with Crippen molar-refractivity contribution in [2.45, 2.75) is 65.3 Å². The lowest BCUT2D eigenvalue weighted by Crippen LogP contribution is -2.46. The first-order chi connectivity index (χ1) is 17.5. The van der Waals surface area contributed by atoms with Gasteiger partial charge in [-0.05, 0) is 75.8 Å². The predicted molar refractivity (Wildman–Crippen MR) is 137 cm³/mol. The third-order valence-corrected chi connectivity index (χ3v) is 6.22. The number of alkyl halides is 3. The second-order valence-electron chi connectivity index (χ2n) is 10.4. The first-order valence-corrected chi connectivity index (χ1v) is 12.4. The number of nitrogens with one attached hydrogen (secondary N) is 2. The number of rotatable bonds is 3. The maximum absolute atomic E-state index is 13.2. The Labute approximate surface area is 223 Å². The zero-order chi connectivity index (χ0) is 28.4. The average molecular weight is 555 g/mol. The molecule has 8 nitrogen and oxygen atoms in total. The summed E-state index contributed by atoms with van der Waals surface area (Å²) in [5, 5.41) is 4.58. The Morgan fingerprint density at radius 2 is 1.79 bits per heavy atom. The van der Waals surface area contributed by atoms with Crippen molar-refractivity contribution < 1.29 is 32.3 Å². The number of carbonyl (C=O) groups excluding carboxylic acids is 3. The van der Waals surface area contributed by atoms with Crippen molar-refractivity contribution in [3.63, 3.8) is 0 Å². The van der Waals surface area contributed by atoms with E-state index in [1.165, 1.54) is 29.3 Å². The summed E-state index contributed by atoms with van der Waals surface area (Å²) in [6.07, 6.45) is -2.81. The molecule has 0 unspecified atom stereocenters. The first-order valence-electron chi connectivity index (χ1n) is 12.0. The monoisotopic (exact) mass is 554 g/mol. The van der Waals surface area contributed by atoms with Crippen LogP contribution in [-0.2, 0) is 20.5 Å². The van der Waals surface area contributed by atoms with Crippen LogP contribution in [0.5, 0.6) is 0 Å². The molecule has 3 amide bonds. The molecular weight excluding hydrogens is 525 g/mol. The molecule has 0 spiro atoms. The largest absolute Gasteiger partial charge is 0.444 e. The molecule has 206 valence electrons. The van der Waals surface area contributed by atoms with Crippen molar-refractivity contribution in [2.24, 2.45) is 5.92 Å². The fourth-order valence-corrected chi connectivity index (χ4v) is 4.48. The zero-order valence-electron chi connectivity index (χ0n) is 21.7. The Morgan fingerprint density at radius 1 is 1.11 bits per heavy atom. The van der Waals surface area contributed by atoms with Crippen molar-refractivity contribution in [2.75, 3.05) is 17.2 Å². The smallest absolute Gasteiger partial charge is 0.417 e. The van der Waals surface area contributed by atoms with E-state index in [1.54, 1.807) is 27.7 Å². The van der Waals surface area contributed by atoms with Gasteiger partial charge in [-0.25, -0.2) is 9.78 Å². The summed E-state index contributed by atoms with van der Waals surface area (Å²) in [5.41, 5.74) is -0.483. The van der Waals surface area contributed by atoms with Gasteiger partial charge in [0.05, 0.1) is 28.5 Å². The number of ether oxygens (including phenoxy) is 1. The minimum absolute atomic E-state index is 0.0926. The molecule has 12 heteroatoms. The minimum atomic E-state index is -4.60. The van der Waals surface area contributed by atoms with Gasteiger partial charge in [-0.1, -0.05) is 24.6 Å². The highest BCUT2D eigenvalue weighted by Gasteiger charge is 2.37. The lowest BCUT2D eigenvalue weighted by Gasteiger charge is -2.38. The standard InChI is InChI=1S/C26H30ClF3N4O4/c1-14-6-9-20(16-7-8-18(19(27)11-16)26(28,29)30)34(13-14)23(36)22(35)32-17-10-15(2)21(31-12-17)33-24(37)38-25(3,4)5/h7-8,10-12,14,20H,6,9,13H2,1-5H3,(H,32,35)(H,31,33,37)/t14-,20+/m1/s1. The number of hydrogen-bond donors (Lipinski definition) is 2. The van der Waals surface area contributed by atoms with Gasteiger partial charge in [0, 0.05) is 6.54 Å². The van der Waals surface area contributed by atoms with E-state index >= 15 is 0 Å². The van der Waals surface area contributed by atoms with Crippen LogP contribution >= 0.6 is 11.6 Å². The van der Waals surface area contributed by atoms with Crippen LogP contribution < -0.4 is 10.6 Å². The van der Waals surface area contributed by atoms with Crippen molar-refractivity contribution in [1.29, 1.82) is 0 Å². The number of aryl methyl sites for hydroxylation is 1. The second-order valence-corrected chi connectivity index (χ2v) is 10.8. The summed E-state index contributed by atoms with van der Waals surface area (Å²) >= 11 is 5.91. The highest BCUT2D eigenvalue weighted by atomic mass is 35.5. The normalized spacial score (nSPS) is 18.1. The van der Waals surface area contributed by atoms with E-state index in [4.69, 9.17) is 16.3 Å². The van der Waals surface area contributed by atoms with E-state index in [2.05, 4.69) is 15.6 Å². The molecule has 0 bridgehead atoms. The molecule has 0 saturated carbocycles. The quantitative estimate of drug-likeness (QED) is 0.431. The van der Waals surface area contributed by atoms with E-state index < -0.39 is 46.3 Å². The number of aromatic nitrogens is 1. The molecule has 2 N–H and O–H groups in total. The molecule has 1 aromatic carbocycles. The SMILES string of the molecule is Cc1cc(NC(=O)C(=O)N2C[C@H](C)CC[C@H]2c2ccc(C(F)(F)F)c(Cl)c2)cnc1NC(=O)OC(C)(C)C. The molecule has 2 heterocycles. The summed E-state index contributed by atoms with van der Waals surface area (Å²) in [6, 6.07) is 4.31. The molecule has 2 aromatic rings. The van der Waals surface area contributed by atoms with Gasteiger partial charge in [-0.2, -0.15) is 13.2 Å². The number of hydrogen-bond acceptors (Lipinski definition) is 5. The number of piperidine rings is 1. The Bertz CT molecular complexity index is 1230. The van der Waals surface area contributed by atoms with Gasteiger partial charge in [-0.3, -0.25) is 14.9 Å². The van der Waals surface area contributed by atoms with Crippen molar-refractivity contribution in [3.05, 3.63) is 52.2 Å². The number of anilines is 2. The van der Waals surface area contributed by atoms with Crippen LogP contribution in [0.1, 0.15) is 63.3 Å². The van der Waals surface area contributed by atoms with Crippen molar-refractivity contribution in [1.82, 2.24) is 9.88 Å². The maximum Gasteiger partial charge on any atom is 0.417 e. The summed E-state index contributed by atoms with van der Waals surface area (Å²) < 4.78 is 44.6. The highest BCUT2D eigenvalue weighted by Crippen LogP contribution is 2.39. The van der Waals surface area contributed by atoms with Gasteiger partial charge in [0.15, 0.2) is 0 Å². The molecule has 1 aliphatic heterocycles. The Kier molecular flexibility index (Phi) is 8.60. The van der Waals surface area contributed by atoms with Gasteiger partial charge >= 0.3 is 24.1 Å². The minimum Gasteiger partial charge on any atom is -0.444 e. The fraction of sp³-hybridized carbons (Fsp3) is 0.462. The van der Waals surface area contributed by atoms with Crippen molar-refractivity contribution >= 4 is 41.0 Å². The number of pyridine rings is 1. The number of nitrogens with zero attached hydrogens (tertiary/aromatic N) is 2. The topological polar surface area (TPSA) is 101 Å². The summed E-state index contributed by atoms with van der Waals surface area (Å²) in [6.45, 7) is 9.02. The molecule has 0 aliphatic carbocycles. The van der Waals surface area contributed by atoms with E-state index in [-0.39, 0.29) is 24.0 Å². The molecule has 0 radical (unpaired) electrons. The molecule has 1 aliphatic rings. The molecule has 1 saturated heterocycles. The molecular formula is C26H30ClF3N4O4. The van der Waals surface area contributed by atoms with Crippen LogP contribution in [-0.4, -0.2) is 39.9 Å². The van der Waals surface area contributed by atoms with Gasteiger partial charge in [0.25, 0.3) is 0 Å². The predicted octanol–water partition coefficient (Wildman–Crippen LogP) is 6.35. The fourth-order valence-electron chi connectivity index (χ4n) is 4.18. The van der Waals surface area contributed by atoms with E-state index in [9.17, 15) is 27.6 Å². The van der Waals surface area contributed by atoms with Crippen LogP contribution in [0.15, 0.2) is 30.5 Å². The number of benzene rings is 1. The number of halogens is 4. The zero-order valence-corrected chi connectivity index (χ0v) is 22.5. The van der Waals surface area contributed by atoms with E-state index in [1.807, 2.05) is 6.92 Å². The summed E-state index contributed by atoms with van der Waals surface area (Å²) in [5.74, 6) is -1.43. The third kappa shape index (κ3) is 7.37. The van der Waals surface area contributed by atoms with Crippen LogP contribution in [0, 0.1) is 12.8 Å². The van der Waals surface area contributed by atoms with Crippen molar-refractivity contribution in [3.8, 4) is 0 Å². The summed E-state index contributed by atoms with van der Waals surface area (Å²) in [7, 11) is 0. The van der Waals surface area contributed by atoms with Gasteiger partial charge in [-0.15, -0.1) is 0 Å². The first kappa shape index (κ1) is 29.2. The van der Waals surface area contributed by atoms with E-state index in [0.29, 0.717) is 17.5 Å². The van der Waals surface area contributed by atoms with Crippen LogP contribution in [0.4, 0.5) is 29.5 Å². The number of amides is 3. The lowest BCUT2D eigenvalue weighted by molar-refractivity contribution is -0.146. The molecule has 1 fully saturated rings. The van der Waals surface area contributed by atoms with Gasteiger partial charge in [0.1, 0.15) is 11.4 Å². The molecule has 3 rings (SSSR count). The second kappa shape index (κ2) is 11.2. The van der Waals surface area contributed by atoms with Gasteiger partial charge < -0.3 is 15.0 Å². The Morgan fingerprint density at radius 3 is 2.37 bits per heavy atom. The number of carbonyl (C=O) groups is 3.